The van der Waals surface area contributed by atoms with Crippen LogP contribution in [0.4, 0.5) is 0 Å². The molecule has 0 fully saturated rings. The standard InChI is InChI=1S/C9H17N3O4.ClH/c1-5(2-3-8(14)15)12-9(16)6(10)4-7(11)13;/h5-6H,2-4,10H2,1H3,(H2,11,13)(H,12,16)(H,14,15);1H. The average Bonchev–Trinajstić information content (AvgIpc) is 2.13. The molecule has 100 valence electrons. The highest BCUT2D eigenvalue weighted by molar-refractivity contribution is 5.87. The van der Waals surface area contributed by atoms with Crippen molar-refractivity contribution in [1.82, 2.24) is 5.32 Å². The second-order valence-electron chi connectivity index (χ2n) is 3.62. The summed E-state index contributed by atoms with van der Waals surface area (Å²) in [7, 11) is 0. The van der Waals surface area contributed by atoms with Crippen LogP contribution >= 0.6 is 12.4 Å². The number of carboxylic acid groups (broad SMARTS) is 1. The van der Waals surface area contributed by atoms with Crippen LogP contribution in [0.2, 0.25) is 0 Å². The number of hydrogen-bond acceptors (Lipinski definition) is 4. The van der Waals surface area contributed by atoms with Crippen molar-refractivity contribution in [2.75, 3.05) is 0 Å². The number of primary amides is 1. The number of carboxylic acids is 1. The Labute approximate surface area is 105 Å². The Morgan fingerprint density at radius 2 is 1.88 bits per heavy atom. The van der Waals surface area contributed by atoms with E-state index in [4.69, 9.17) is 16.6 Å². The van der Waals surface area contributed by atoms with Gasteiger partial charge in [0.1, 0.15) is 0 Å². The third-order valence-electron chi connectivity index (χ3n) is 1.94. The highest BCUT2D eigenvalue weighted by Gasteiger charge is 2.17. The van der Waals surface area contributed by atoms with Crippen LogP contribution in [0.1, 0.15) is 26.2 Å². The molecule has 0 saturated heterocycles. The molecule has 0 aliphatic heterocycles. The van der Waals surface area contributed by atoms with E-state index in [0.717, 1.165) is 0 Å². The fourth-order valence-corrected chi connectivity index (χ4v) is 1.07. The molecule has 0 aliphatic carbocycles. The number of carbonyl (C=O) groups is 3. The highest BCUT2D eigenvalue weighted by Crippen LogP contribution is 1.97. The molecule has 0 aromatic carbocycles. The molecule has 2 unspecified atom stereocenters. The Morgan fingerprint density at radius 3 is 2.29 bits per heavy atom. The minimum absolute atomic E-state index is 0. The Balaban J connectivity index is 0. The number of nitrogens with two attached hydrogens (primary N) is 2. The van der Waals surface area contributed by atoms with Gasteiger partial charge in [-0.3, -0.25) is 14.4 Å². The SMILES string of the molecule is CC(CCC(=O)O)NC(=O)C(N)CC(N)=O.Cl. The molecule has 2 amide bonds. The average molecular weight is 268 g/mol. The minimum Gasteiger partial charge on any atom is -0.481 e. The van der Waals surface area contributed by atoms with Gasteiger partial charge in [0, 0.05) is 12.5 Å². The number of aliphatic carboxylic acids is 1. The van der Waals surface area contributed by atoms with E-state index >= 15 is 0 Å². The van der Waals surface area contributed by atoms with E-state index in [1.807, 2.05) is 0 Å². The maximum absolute atomic E-state index is 11.3. The van der Waals surface area contributed by atoms with Crippen molar-refractivity contribution < 1.29 is 19.5 Å². The van der Waals surface area contributed by atoms with E-state index < -0.39 is 23.8 Å². The van der Waals surface area contributed by atoms with Crippen molar-refractivity contribution in [3.63, 3.8) is 0 Å². The van der Waals surface area contributed by atoms with Gasteiger partial charge < -0.3 is 21.9 Å². The first-order valence-electron chi connectivity index (χ1n) is 4.89. The Hall–Kier alpha value is -1.34. The summed E-state index contributed by atoms with van der Waals surface area (Å²) in [5.41, 5.74) is 10.3. The summed E-state index contributed by atoms with van der Waals surface area (Å²) in [6.45, 7) is 1.66. The third-order valence-corrected chi connectivity index (χ3v) is 1.94. The molecule has 0 rings (SSSR count). The van der Waals surface area contributed by atoms with Crippen LogP contribution in [0.25, 0.3) is 0 Å². The summed E-state index contributed by atoms with van der Waals surface area (Å²) in [4.78, 5) is 32.1. The van der Waals surface area contributed by atoms with E-state index in [2.05, 4.69) is 5.32 Å². The minimum atomic E-state index is -0.982. The lowest BCUT2D eigenvalue weighted by Gasteiger charge is -2.15. The fourth-order valence-electron chi connectivity index (χ4n) is 1.07. The number of amides is 2. The predicted octanol–water partition coefficient (Wildman–Crippen LogP) is -1.02. The van der Waals surface area contributed by atoms with Crippen LogP contribution in [0.5, 0.6) is 0 Å². The van der Waals surface area contributed by atoms with Gasteiger partial charge in [-0.15, -0.1) is 12.4 Å². The molecule has 8 heteroatoms. The lowest BCUT2D eigenvalue weighted by atomic mass is 10.1. The summed E-state index contributed by atoms with van der Waals surface area (Å²) in [5.74, 6) is -2.08. The number of halogens is 1. The smallest absolute Gasteiger partial charge is 0.303 e. The molecule has 0 aromatic heterocycles. The Kier molecular flexibility index (Phi) is 9.31. The topological polar surface area (TPSA) is 136 Å². The third kappa shape index (κ3) is 9.58. The molecule has 0 heterocycles. The number of rotatable bonds is 7. The zero-order valence-corrected chi connectivity index (χ0v) is 10.3. The van der Waals surface area contributed by atoms with Crippen LogP contribution < -0.4 is 16.8 Å². The largest absolute Gasteiger partial charge is 0.481 e. The molecule has 0 aliphatic rings. The molecular weight excluding hydrogens is 250 g/mol. The zero-order chi connectivity index (χ0) is 12.7. The van der Waals surface area contributed by atoms with Crippen molar-refractivity contribution in [2.24, 2.45) is 11.5 Å². The van der Waals surface area contributed by atoms with E-state index in [9.17, 15) is 14.4 Å². The van der Waals surface area contributed by atoms with Crippen LogP contribution in [0, 0.1) is 0 Å². The second-order valence-corrected chi connectivity index (χ2v) is 3.62. The van der Waals surface area contributed by atoms with Crippen molar-refractivity contribution in [3.05, 3.63) is 0 Å². The number of nitrogens with one attached hydrogen (secondary N) is 1. The van der Waals surface area contributed by atoms with E-state index in [1.165, 1.54) is 0 Å². The van der Waals surface area contributed by atoms with Gasteiger partial charge in [-0.05, 0) is 13.3 Å². The highest BCUT2D eigenvalue weighted by atomic mass is 35.5. The van der Waals surface area contributed by atoms with Crippen LogP contribution in [-0.4, -0.2) is 35.0 Å². The van der Waals surface area contributed by atoms with Gasteiger partial charge in [0.15, 0.2) is 0 Å². The van der Waals surface area contributed by atoms with Crippen molar-refractivity contribution in [3.8, 4) is 0 Å². The number of hydrogen-bond donors (Lipinski definition) is 4. The molecule has 0 aromatic rings. The second kappa shape index (κ2) is 8.77. The maximum Gasteiger partial charge on any atom is 0.303 e. The summed E-state index contributed by atoms with van der Waals surface area (Å²) >= 11 is 0. The molecule has 2 atom stereocenters. The Morgan fingerprint density at radius 1 is 1.35 bits per heavy atom. The van der Waals surface area contributed by atoms with Gasteiger partial charge in [0.05, 0.1) is 12.5 Å². The Bertz CT molecular complexity index is 285. The first-order valence-corrected chi connectivity index (χ1v) is 4.89. The maximum atomic E-state index is 11.3. The summed E-state index contributed by atoms with van der Waals surface area (Å²) < 4.78 is 0. The van der Waals surface area contributed by atoms with Gasteiger partial charge in [0.25, 0.3) is 0 Å². The van der Waals surface area contributed by atoms with Crippen LogP contribution in [-0.2, 0) is 14.4 Å². The van der Waals surface area contributed by atoms with Crippen molar-refractivity contribution >= 4 is 30.2 Å². The molecule has 0 radical (unpaired) electrons. The van der Waals surface area contributed by atoms with Crippen LogP contribution in [0.15, 0.2) is 0 Å². The molecular formula is C9H18ClN3O4. The van der Waals surface area contributed by atoms with E-state index in [0.29, 0.717) is 6.42 Å². The molecule has 6 N–H and O–H groups in total. The van der Waals surface area contributed by atoms with Crippen molar-refractivity contribution in [2.45, 2.75) is 38.3 Å². The van der Waals surface area contributed by atoms with Gasteiger partial charge in [0.2, 0.25) is 11.8 Å². The summed E-state index contributed by atoms with van der Waals surface area (Å²) in [5, 5.41) is 10.9. The first kappa shape index (κ1) is 18.0. The fraction of sp³-hybridized carbons (Fsp3) is 0.667. The zero-order valence-electron chi connectivity index (χ0n) is 9.51. The first-order chi connectivity index (χ1) is 7.32. The molecule has 17 heavy (non-hydrogen) atoms. The molecule has 7 nitrogen and oxygen atoms in total. The number of carbonyl (C=O) groups excluding carboxylic acids is 2. The summed E-state index contributed by atoms with van der Waals surface area (Å²) in [6, 6.07) is -1.28. The van der Waals surface area contributed by atoms with E-state index in [-0.39, 0.29) is 31.3 Å². The normalized spacial score (nSPS) is 13.1. The van der Waals surface area contributed by atoms with E-state index in [1.54, 1.807) is 6.92 Å². The predicted molar refractivity (Wildman–Crippen MR) is 63.5 cm³/mol. The lowest BCUT2D eigenvalue weighted by Crippen LogP contribution is -2.46. The van der Waals surface area contributed by atoms with Gasteiger partial charge in [-0.25, -0.2) is 0 Å². The summed E-state index contributed by atoms with van der Waals surface area (Å²) in [6.07, 6.45) is 0.0500. The lowest BCUT2D eigenvalue weighted by molar-refractivity contribution is -0.137. The van der Waals surface area contributed by atoms with Crippen LogP contribution in [0.3, 0.4) is 0 Å². The molecule has 0 saturated carbocycles. The molecule has 0 bridgehead atoms. The quantitative estimate of drug-likeness (QED) is 0.468. The van der Waals surface area contributed by atoms with Gasteiger partial charge >= 0.3 is 5.97 Å². The van der Waals surface area contributed by atoms with Gasteiger partial charge in [-0.2, -0.15) is 0 Å². The molecule has 0 spiro atoms. The van der Waals surface area contributed by atoms with Crippen molar-refractivity contribution in [1.29, 1.82) is 0 Å². The monoisotopic (exact) mass is 267 g/mol. The van der Waals surface area contributed by atoms with Gasteiger partial charge in [-0.1, -0.05) is 0 Å².